The van der Waals surface area contributed by atoms with E-state index >= 15 is 0 Å². The van der Waals surface area contributed by atoms with Gasteiger partial charge in [0.1, 0.15) is 17.6 Å². The molecule has 166 valence electrons. The van der Waals surface area contributed by atoms with Gasteiger partial charge in [-0.25, -0.2) is 9.50 Å². The lowest BCUT2D eigenvalue weighted by atomic mass is 9.72. The van der Waals surface area contributed by atoms with Crippen LogP contribution in [-0.4, -0.2) is 58.2 Å². The highest BCUT2D eigenvalue weighted by Crippen LogP contribution is 2.41. The number of likely N-dealkylation sites (tertiary alicyclic amines) is 1. The molecule has 2 aliphatic heterocycles. The highest BCUT2D eigenvalue weighted by molar-refractivity contribution is 5.93. The smallest absolute Gasteiger partial charge is 0.298 e. The van der Waals surface area contributed by atoms with E-state index in [9.17, 15) is 10.1 Å². The number of pyridine rings is 2. The Bertz CT molecular complexity index is 1280. The molecular formula is C25H24N6O2. The molecule has 5 rings (SSSR count). The highest BCUT2D eigenvalue weighted by Gasteiger charge is 2.46. The van der Waals surface area contributed by atoms with Gasteiger partial charge in [-0.05, 0) is 43.9 Å². The largest absolute Gasteiger partial charge is 0.492 e. The van der Waals surface area contributed by atoms with Gasteiger partial charge in [0, 0.05) is 48.9 Å². The second-order valence-electron chi connectivity index (χ2n) is 8.68. The summed E-state index contributed by atoms with van der Waals surface area (Å²) in [5.74, 6) is 3.61. The molecule has 2 aliphatic rings. The highest BCUT2D eigenvalue weighted by atomic mass is 16.5. The van der Waals surface area contributed by atoms with Crippen molar-refractivity contribution in [2.45, 2.75) is 19.8 Å². The number of fused-ring (bicyclic) bond motifs is 1. The molecular weight excluding hydrogens is 416 g/mol. The van der Waals surface area contributed by atoms with Gasteiger partial charge in [0.15, 0.2) is 0 Å². The Morgan fingerprint density at radius 3 is 2.70 bits per heavy atom. The van der Waals surface area contributed by atoms with Gasteiger partial charge in [-0.1, -0.05) is 0 Å². The number of nitrogens with zero attached hydrogens (tertiary/aromatic N) is 6. The number of ether oxygens (including phenoxy) is 1. The van der Waals surface area contributed by atoms with Gasteiger partial charge in [-0.3, -0.25) is 4.79 Å². The first-order valence-electron chi connectivity index (χ1n) is 11.1. The first-order valence-corrected chi connectivity index (χ1v) is 11.1. The molecule has 0 N–H and O–H groups in total. The molecule has 0 radical (unpaired) electrons. The summed E-state index contributed by atoms with van der Waals surface area (Å²) >= 11 is 0. The molecule has 3 aromatic rings. The summed E-state index contributed by atoms with van der Waals surface area (Å²) < 4.78 is 7.38. The number of hydrogen-bond donors (Lipinski definition) is 0. The fraction of sp³-hybridized carbons (Fsp3) is 0.360. The zero-order valence-electron chi connectivity index (χ0n) is 18.5. The Balaban J connectivity index is 1.34. The van der Waals surface area contributed by atoms with E-state index < -0.39 is 0 Å². The predicted octanol–water partition coefficient (Wildman–Crippen LogP) is 2.73. The van der Waals surface area contributed by atoms with Crippen molar-refractivity contribution in [3.8, 4) is 35.3 Å². The molecule has 1 amide bonds. The Kier molecular flexibility index (Phi) is 5.14. The molecule has 0 saturated carbocycles. The number of piperidine rings is 1. The zero-order valence-corrected chi connectivity index (χ0v) is 18.5. The van der Waals surface area contributed by atoms with E-state index in [2.05, 4.69) is 22.0 Å². The van der Waals surface area contributed by atoms with Crippen LogP contribution in [0.1, 0.15) is 25.3 Å². The minimum Gasteiger partial charge on any atom is -0.492 e. The van der Waals surface area contributed by atoms with Gasteiger partial charge in [0.05, 0.1) is 30.1 Å². The number of nitriles is 1. The van der Waals surface area contributed by atoms with Crippen LogP contribution in [0.25, 0.3) is 16.6 Å². The lowest BCUT2D eigenvalue weighted by molar-refractivity contribution is -0.138. The maximum atomic E-state index is 11.7. The number of carbonyl (C=O) groups excluding carboxylic acids is 1. The monoisotopic (exact) mass is 440 g/mol. The van der Waals surface area contributed by atoms with Crippen molar-refractivity contribution in [2.75, 3.05) is 37.7 Å². The molecule has 2 saturated heterocycles. The standard InChI is InChI=1S/C25H24N6O2/c1-3-23(32)30-16-25(17-30)7-9-29(10-8-25)22-6-5-18(13-27-22)21-11-20(33-4-2)15-31-24(21)19(12-26)14-28-31/h1,5-6,11,13-15H,4,7-10,16-17H2,2H3. The lowest BCUT2D eigenvalue weighted by Gasteiger charge is -2.53. The first kappa shape index (κ1) is 20.8. The van der Waals surface area contributed by atoms with Crippen molar-refractivity contribution < 1.29 is 9.53 Å². The molecule has 0 unspecified atom stereocenters. The summed E-state index contributed by atoms with van der Waals surface area (Å²) in [6.45, 7) is 5.79. The van der Waals surface area contributed by atoms with E-state index in [-0.39, 0.29) is 11.3 Å². The minimum atomic E-state index is -0.208. The summed E-state index contributed by atoms with van der Waals surface area (Å²) in [5.41, 5.74) is 3.21. The average Bonchev–Trinajstić information content (AvgIpc) is 3.25. The fourth-order valence-corrected chi connectivity index (χ4v) is 4.90. The number of amides is 1. The molecule has 8 nitrogen and oxygen atoms in total. The van der Waals surface area contributed by atoms with Crippen LogP contribution in [0.5, 0.6) is 5.75 Å². The molecule has 0 bridgehead atoms. The lowest BCUT2D eigenvalue weighted by Crippen LogP contribution is -2.61. The van der Waals surface area contributed by atoms with Gasteiger partial charge in [0.2, 0.25) is 0 Å². The molecule has 0 aliphatic carbocycles. The van der Waals surface area contributed by atoms with Crippen LogP contribution in [0.4, 0.5) is 5.82 Å². The average molecular weight is 441 g/mol. The maximum absolute atomic E-state index is 11.7. The zero-order chi connectivity index (χ0) is 23.0. The minimum absolute atomic E-state index is 0.198. The summed E-state index contributed by atoms with van der Waals surface area (Å²) in [7, 11) is 0. The fourth-order valence-electron chi connectivity index (χ4n) is 4.90. The predicted molar refractivity (Wildman–Crippen MR) is 124 cm³/mol. The Hall–Kier alpha value is -4.04. The van der Waals surface area contributed by atoms with Crippen LogP contribution in [0.2, 0.25) is 0 Å². The quantitative estimate of drug-likeness (QED) is 0.580. The van der Waals surface area contributed by atoms with Crippen molar-refractivity contribution in [1.29, 1.82) is 5.26 Å². The normalized spacial score (nSPS) is 16.8. The maximum Gasteiger partial charge on any atom is 0.298 e. The van der Waals surface area contributed by atoms with Crippen LogP contribution in [0, 0.1) is 29.1 Å². The topological polar surface area (TPSA) is 86.8 Å². The van der Waals surface area contributed by atoms with E-state index in [4.69, 9.17) is 16.1 Å². The third-order valence-corrected chi connectivity index (χ3v) is 6.69. The second-order valence-corrected chi connectivity index (χ2v) is 8.68. The van der Waals surface area contributed by atoms with Crippen LogP contribution >= 0.6 is 0 Å². The van der Waals surface area contributed by atoms with Gasteiger partial charge >= 0.3 is 0 Å². The third kappa shape index (κ3) is 3.64. The molecule has 1 spiro atoms. The number of terminal acetylenes is 1. The van der Waals surface area contributed by atoms with Crippen LogP contribution < -0.4 is 9.64 Å². The Morgan fingerprint density at radius 2 is 2.06 bits per heavy atom. The summed E-state index contributed by atoms with van der Waals surface area (Å²) in [4.78, 5) is 20.4. The first-order chi connectivity index (χ1) is 16.1. The molecule has 0 atom stereocenters. The van der Waals surface area contributed by atoms with Gasteiger partial charge in [0.25, 0.3) is 5.91 Å². The molecule has 0 aromatic carbocycles. The molecule has 5 heterocycles. The van der Waals surface area contributed by atoms with E-state index in [1.165, 1.54) is 0 Å². The van der Waals surface area contributed by atoms with Crippen LogP contribution in [-0.2, 0) is 4.79 Å². The number of hydrogen-bond acceptors (Lipinski definition) is 6. The van der Waals surface area contributed by atoms with Gasteiger partial charge in [-0.15, -0.1) is 6.42 Å². The van der Waals surface area contributed by atoms with E-state index in [0.29, 0.717) is 17.9 Å². The molecule has 33 heavy (non-hydrogen) atoms. The van der Waals surface area contributed by atoms with Crippen molar-refractivity contribution in [1.82, 2.24) is 19.5 Å². The van der Waals surface area contributed by atoms with E-state index in [1.54, 1.807) is 21.8 Å². The Morgan fingerprint density at radius 1 is 1.27 bits per heavy atom. The van der Waals surface area contributed by atoms with Crippen molar-refractivity contribution in [2.24, 2.45) is 5.41 Å². The SMILES string of the molecule is C#CC(=O)N1CC2(CCN(c3ccc(-c4cc(OCC)cn5ncc(C#N)c45)cn3)CC2)C1. The molecule has 2 fully saturated rings. The van der Waals surface area contributed by atoms with Gasteiger partial charge in [-0.2, -0.15) is 10.4 Å². The van der Waals surface area contributed by atoms with Crippen molar-refractivity contribution in [3.05, 3.63) is 42.4 Å². The van der Waals surface area contributed by atoms with Crippen LogP contribution in [0.3, 0.4) is 0 Å². The molecule has 3 aromatic heterocycles. The van der Waals surface area contributed by atoms with Crippen molar-refractivity contribution >= 4 is 17.2 Å². The van der Waals surface area contributed by atoms with Crippen LogP contribution in [0.15, 0.2) is 36.8 Å². The summed E-state index contributed by atoms with van der Waals surface area (Å²) in [6.07, 6.45) is 12.5. The van der Waals surface area contributed by atoms with E-state index in [1.807, 2.05) is 31.3 Å². The number of carbonyl (C=O) groups is 1. The number of rotatable bonds is 4. The van der Waals surface area contributed by atoms with Gasteiger partial charge < -0.3 is 14.5 Å². The van der Waals surface area contributed by atoms with E-state index in [0.717, 1.165) is 61.5 Å². The summed E-state index contributed by atoms with van der Waals surface area (Å²) in [6, 6.07) is 8.20. The van der Waals surface area contributed by atoms with Crippen molar-refractivity contribution in [3.63, 3.8) is 0 Å². The number of anilines is 1. The second kappa shape index (κ2) is 8.14. The molecule has 8 heteroatoms. The Labute approximate surface area is 192 Å². The summed E-state index contributed by atoms with van der Waals surface area (Å²) in [5, 5.41) is 13.8. The third-order valence-electron chi connectivity index (χ3n) is 6.69. The number of aromatic nitrogens is 3.